The Labute approximate surface area is 218 Å². The van der Waals surface area contributed by atoms with Crippen molar-refractivity contribution in [2.75, 3.05) is 56.3 Å². The van der Waals surface area contributed by atoms with Crippen molar-refractivity contribution in [2.24, 2.45) is 0 Å². The number of fused-ring (bicyclic) bond motifs is 3. The maximum atomic E-state index is 13.3. The van der Waals surface area contributed by atoms with Crippen molar-refractivity contribution in [3.63, 3.8) is 0 Å². The Kier molecular flexibility index (Phi) is 7.12. The molecule has 0 amide bonds. The first-order valence-electron chi connectivity index (χ1n) is 13.3. The van der Waals surface area contributed by atoms with Crippen LogP contribution in [0.15, 0.2) is 42.5 Å². The Morgan fingerprint density at radius 3 is 2.68 bits per heavy atom. The number of piperidine rings is 1. The minimum absolute atomic E-state index is 0.00382. The van der Waals surface area contributed by atoms with Gasteiger partial charge in [0.1, 0.15) is 5.82 Å². The van der Waals surface area contributed by atoms with Crippen LogP contribution in [0.3, 0.4) is 0 Å². The molecule has 0 bridgehead atoms. The van der Waals surface area contributed by atoms with E-state index in [0.29, 0.717) is 34.8 Å². The number of rotatable bonds is 8. The summed E-state index contributed by atoms with van der Waals surface area (Å²) < 4.78 is 24.8. The highest BCUT2D eigenvalue weighted by molar-refractivity contribution is 5.95. The predicted octanol–water partition coefficient (Wildman–Crippen LogP) is 4.95. The third kappa shape index (κ3) is 5.17. The average Bonchev–Trinajstić information content (AvgIpc) is 3.19. The summed E-state index contributed by atoms with van der Waals surface area (Å²) in [5, 5.41) is 0. The number of ketones is 1. The summed E-state index contributed by atoms with van der Waals surface area (Å²) in [5.41, 5.74) is 4.55. The predicted molar refractivity (Wildman–Crippen MR) is 141 cm³/mol. The second-order valence-corrected chi connectivity index (χ2v) is 11.0. The van der Waals surface area contributed by atoms with Crippen LogP contribution in [0.5, 0.6) is 0 Å². The molecule has 2 aromatic carbocycles. The molecule has 0 aliphatic carbocycles. The molecule has 1 saturated heterocycles. The number of carbonyl (C=O) groups is 2. The van der Waals surface area contributed by atoms with Gasteiger partial charge in [0, 0.05) is 51.0 Å². The smallest absolute Gasteiger partial charge is 0.431 e. The number of ether oxygens (including phenoxy) is 2. The molecule has 8 heteroatoms. The largest absolute Gasteiger partial charge is 0.512 e. The molecule has 37 heavy (non-hydrogen) atoms. The number of hydrogen-bond donors (Lipinski definition) is 0. The van der Waals surface area contributed by atoms with E-state index in [1.807, 2.05) is 0 Å². The van der Waals surface area contributed by atoms with E-state index in [0.717, 1.165) is 39.1 Å². The fourth-order valence-corrected chi connectivity index (χ4v) is 6.36. The van der Waals surface area contributed by atoms with Crippen LogP contribution in [0.4, 0.5) is 20.6 Å². The molecule has 7 nitrogen and oxygen atoms in total. The number of halogens is 1. The molecule has 1 fully saturated rings. The van der Waals surface area contributed by atoms with Gasteiger partial charge in [-0.2, -0.15) is 0 Å². The van der Waals surface area contributed by atoms with E-state index in [2.05, 4.69) is 35.0 Å². The van der Waals surface area contributed by atoms with E-state index >= 15 is 0 Å². The molecule has 198 valence electrons. The van der Waals surface area contributed by atoms with E-state index in [1.165, 1.54) is 29.1 Å². The van der Waals surface area contributed by atoms with Gasteiger partial charge in [-0.05, 0) is 49.7 Å². The van der Waals surface area contributed by atoms with Gasteiger partial charge in [-0.1, -0.05) is 12.1 Å². The second kappa shape index (κ2) is 10.3. The fraction of sp³-hybridized carbons (Fsp3) is 0.517. The van der Waals surface area contributed by atoms with Gasteiger partial charge in [0.05, 0.1) is 43.0 Å². The number of nitrogens with zero attached hydrogens (tertiary/aromatic N) is 3. The van der Waals surface area contributed by atoms with Gasteiger partial charge in [-0.15, -0.1) is 0 Å². The Morgan fingerprint density at radius 2 is 1.92 bits per heavy atom. The van der Waals surface area contributed by atoms with Crippen LogP contribution in [0.2, 0.25) is 0 Å². The van der Waals surface area contributed by atoms with E-state index in [-0.39, 0.29) is 24.4 Å². The fourth-order valence-electron chi connectivity index (χ4n) is 6.36. The molecule has 2 aromatic rings. The summed E-state index contributed by atoms with van der Waals surface area (Å²) in [6.45, 7) is 8.31. The lowest BCUT2D eigenvalue weighted by atomic mass is 9.87. The molecule has 3 atom stereocenters. The van der Waals surface area contributed by atoms with Crippen molar-refractivity contribution in [3.8, 4) is 0 Å². The van der Waals surface area contributed by atoms with Gasteiger partial charge < -0.3 is 19.3 Å². The zero-order chi connectivity index (χ0) is 26.2. The van der Waals surface area contributed by atoms with Gasteiger partial charge >= 0.3 is 6.16 Å². The third-order valence-corrected chi connectivity index (χ3v) is 8.16. The first kappa shape index (κ1) is 25.5. The minimum Gasteiger partial charge on any atom is -0.431 e. The highest BCUT2D eigenvalue weighted by atomic mass is 19.1. The number of Topliss-reactive ketones (excluding diaryl/α,β-unsaturated/α-hetero) is 1. The monoisotopic (exact) mass is 510 g/mol. The summed E-state index contributed by atoms with van der Waals surface area (Å²) in [7, 11) is 2.15. The summed E-state index contributed by atoms with van der Waals surface area (Å²) >= 11 is 0. The number of benzene rings is 2. The van der Waals surface area contributed by atoms with Gasteiger partial charge in [-0.3, -0.25) is 9.28 Å². The van der Waals surface area contributed by atoms with Crippen molar-refractivity contribution in [1.82, 2.24) is 0 Å². The van der Waals surface area contributed by atoms with Crippen molar-refractivity contribution in [2.45, 2.75) is 51.2 Å². The number of para-hydroxylation sites is 1. The molecule has 0 N–H and O–H groups in total. The zero-order valence-corrected chi connectivity index (χ0v) is 22.0. The Hall–Kier alpha value is -3.13. The number of carbonyl (C=O) groups excluding carboxylic acids is 2. The highest BCUT2D eigenvalue weighted by Crippen LogP contribution is 2.51. The van der Waals surface area contributed by atoms with Crippen LogP contribution in [-0.4, -0.2) is 75.1 Å². The van der Waals surface area contributed by atoms with Crippen LogP contribution in [0.1, 0.15) is 54.9 Å². The SMILES string of the molecule is CC(C)OC(=O)OC[N+]1(CCCC(=O)c2ccc(F)cc2)CCC2C(C1)c1cccc3c1N2CCN3C. The van der Waals surface area contributed by atoms with Gasteiger partial charge in [0.25, 0.3) is 0 Å². The molecule has 5 rings (SSSR count). The normalized spacial score (nSPS) is 24.0. The highest BCUT2D eigenvalue weighted by Gasteiger charge is 2.50. The lowest BCUT2D eigenvalue weighted by Gasteiger charge is -2.47. The maximum absolute atomic E-state index is 13.3. The molecule has 3 aliphatic rings. The van der Waals surface area contributed by atoms with Crippen molar-refractivity contribution >= 4 is 23.3 Å². The van der Waals surface area contributed by atoms with E-state index in [4.69, 9.17) is 9.47 Å². The van der Waals surface area contributed by atoms with Crippen LogP contribution in [0.25, 0.3) is 0 Å². The van der Waals surface area contributed by atoms with Crippen molar-refractivity contribution in [3.05, 3.63) is 59.4 Å². The molecule has 3 unspecified atom stereocenters. The summed E-state index contributed by atoms with van der Waals surface area (Å²) in [4.78, 5) is 30.0. The lowest BCUT2D eigenvalue weighted by molar-refractivity contribution is -0.949. The molecule has 3 heterocycles. The number of hydrogen-bond acceptors (Lipinski definition) is 6. The molecular weight excluding hydrogens is 473 g/mol. The molecular formula is C29H37FN3O4+. The molecule has 3 aliphatic heterocycles. The van der Waals surface area contributed by atoms with Crippen LogP contribution in [-0.2, 0) is 9.47 Å². The minimum atomic E-state index is -0.646. The van der Waals surface area contributed by atoms with Gasteiger partial charge in [0.2, 0.25) is 6.73 Å². The molecule has 0 radical (unpaired) electrons. The van der Waals surface area contributed by atoms with Crippen LogP contribution >= 0.6 is 0 Å². The quantitative estimate of drug-likeness (QED) is 0.285. The van der Waals surface area contributed by atoms with E-state index in [9.17, 15) is 14.0 Å². The third-order valence-electron chi connectivity index (χ3n) is 8.16. The standard InChI is InChI=1S/C29H37FN3O4/c1-20(2)37-29(35)36-19-33(16-5-8-27(34)21-9-11-22(30)12-10-21)17-13-25-24(18-33)23-6-4-7-26-28(23)32(25)15-14-31(26)3/h4,6-7,9-12,20,24-25H,5,8,13-19H2,1-3H3/q+1. The Morgan fingerprint density at radius 1 is 1.14 bits per heavy atom. The van der Waals surface area contributed by atoms with Crippen molar-refractivity contribution < 1.29 is 27.9 Å². The zero-order valence-electron chi connectivity index (χ0n) is 22.0. The van der Waals surface area contributed by atoms with Gasteiger partial charge in [0.15, 0.2) is 5.78 Å². The summed E-state index contributed by atoms with van der Waals surface area (Å²) in [5.74, 6) is -0.00425. The number of likely N-dealkylation sites (tertiary alicyclic amines) is 1. The van der Waals surface area contributed by atoms with E-state index in [1.54, 1.807) is 26.0 Å². The Balaban J connectivity index is 1.33. The Bertz CT molecular complexity index is 1150. The first-order chi connectivity index (χ1) is 17.8. The number of anilines is 2. The number of quaternary nitrogens is 1. The topological polar surface area (TPSA) is 59.1 Å². The first-order valence-corrected chi connectivity index (χ1v) is 13.3. The van der Waals surface area contributed by atoms with Crippen molar-refractivity contribution in [1.29, 1.82) is 0 Å². The van der Waals surface area contributed by atoms with Crippen LogP contribution < -0.4 is 9.80 Å². The summed E-state index contributed by atoms with van der Waals surface area (Å²) in [6.07, 6.45) is 1.14. The van der Waals surface area contributed by atoms with Gasteiger partial charge in [-0.25, -0.2) is 9.18 Å². The molecule has 0 spiro atoms. The summed E-state index contributed by atoms with van der Waals surface area (Å²) in [6, 6.07) is 12.8. The average molecular weight is 511 g/mol. The molecule has 0 aromatic heterocycles. The lowest BCUT2D eigenvalue weighted by Crippen LogP contribution is -2.60. The van der Waals surface area contributed by atoms with E-state index < -0.39 is 6.16 Å². The second-order valence-electron chi connectivity index (χ2n) is 11.0. The van der Waals surface area contributed by atoms with Crippen LogP contribution in [0, 0.1) is 5.82 Å². The maximum Gasteiger partial charge on any atom is 0.512 e. The number of likely N-dealkylation sites (N-methyl/N-ethyl adjacent to an activating group) is 1. The molecule has 0 saturated carbocycles.